The Morgan fingerprint density at radius 2 is 2.25 bits per heavy atom. The van der Waals surface area contributed by atoms with E-state index in [4.69, 9.17) is 26.9 Å². The van der Waals surface area contributed by atoms with Gasteiger partial charge in [0, 0.05) is 16.5 Å². The normalized spacial score (nSPS) is 12.9. The van der Waals surface area contributed by atoms with E-state index in [1.165, 1.54) is 6.26 Å². The van der Waals surface area contributed by atoms with Crippen molar-refractivity contribution in [3.05, 3.63) is 35.0 Å². The number of halogens is 1. The maximum absolute atomic E-state index is 10.6. The monoisotopic (exact) mass is 239 g/mol. The topological polar surface area (TPSA) is 76.5 Å². The van der Waals surface area contributed by atoms with Gasteiger partial charge in [-0.25, -0.2) is 0 Å². The molecular weight excluding hydrogens is 230 g/mol. The van der Waals surface area contributed by atoms with E-state index in [1.807, 2.05) is 0 Å². The third-order valence-corrected chi connectivity index (χ3v) is 2.72. The average molecular weight is 240 g/mol. The highest BCUT2D eigenvalue weighted by Crippen LogP contribution is 2.32. The number of furan rings is 1. The molecule has 0 spiro atoms. The summed E-state index contributed by atoms with van der Waals surface area (Å²) in [4.78, 5) is 10.6. The minimum atomic E-state index is -0.955. The van der Waals surface area contributed by atoms with Crippen LogP contribution >= 0.6 is 11.6 Å². The SMILES string of the molecule is NC(CC(=O)O)c1c(Cl)ccc2occc12. The number of hydrogen-bond acceptors (Lipinski definition) is 3. The van der Waals surface area contributed by atoms with Crippen LogP contribution in [0.15, 0.2) is 28.9 Å². The van der Waals surface area contributed by atoms with Gasteiger partial charge in [0.15, 0.2) is 0 Å². The van der Waals surface area contributed by atoms with Crippen molar-refractivity contribution in [2.24, 2.45) is 5.73 Å². The van der Waals surface area contributed by atoms with Gasteiger partial charge in [0.1, 0.15) is 5.58 Å². The molecule has 1 atom stereocenters. The first-order valence-electron chi connectivity index (χ1n) is 4.72. The van der Waals surface area contributed by atoms with Crippen LogP contribution in [0.25, 0.3) is 11.0 Å². The fourth-order valence-corrected chi connectivity index (χ4v) is 2.01. The first kappa shape index (κ1) is 11.0. The molecule has 1 aromatic carbocycles. The molecule has 0 bridgehead atoms. The van der Waals surface area contributed by atoms with Gasteiger partial charge in [-0.2, -0.15) is 0 Å². The second-order valence-electron chi connectivity index (χ2n) is 3.50. The Labute approximate surface area is 96.6 Å². The molecule has 0 amide bonds. The first-order valence-corrected chi connectivity index (χ1v) is 5.10. The van der Waals surface area contributed by atoms with E-state index in [1.54, 1.807) is 18.2 Å². The molecular formula is C11H10ClNO3. The summed E-state index contributed by atoms with van der Waals surface area (Å²) in [6.07, 6.45) is 1.36. The second-order valence-corrected chi connectivity index (χ2v) is 3.91. The first-order chi connectivity index (χ1) is 7.59. The van der Waals surface area contributed by atoms with Crippen molar-refractivity contribution in [2.75, 3.05) is 0 Å². The molecule has 0 saturated heterocycles. The molecule has 0 aliphatic rings. The lowest BCUT2D eigenvalue weighted by Crippen LogP contribution is -2.15. The molecule has 1 heterocycles. The molecule has 2 rings (SSSR count). The largest absolute Gasteiger partial charge is 0.481 e. The van der Waals surface area contributed by atoms with Gasteiger partial charge in [0.2, 0.25) is 0 Å². The van der Waals surface area contributed by atoms with Crippen LogP contribution in [-0.4, -0.2) is 11.1 Å². The molecule has 5 heteroatoms. The molecule has 4 nitrogen and oxygen atoms in total. The molecule has 0 aliphatic heterocycles. The lowest BCUT2D eigenvalue weighted by Gasteiger charge is -2.12. The van der Waals surface area contributed by atoms with Gasteiger partial charge in [-0.15, -0.1) is 0 Å². The number of rotatable bonds is 3. The van der Waals surface area contributed by atoms with E-state index in [0.29, 0.717) is 16.2 Å². The molecule has 0 saturated carbocycles. The van der Waals surface area contributed by atoms with Crippen LogP contribution in [0, 0.1) is 0 Å². The van der Waals surface area contributed by atoms with E-state index in [-0.39, 0.29) is 6.42 Å². The van der Waals surface area contributed by atoms with E-state index in [0.717, 1.165) is 5.39 Å². The van der Waals surface area contributed by atoms with Crippen molar-refractivity contribution in [1.29, 1.82) is 0 Å². The molecule has 3 N–H and O–H groups in total. The van der Waals surface area contributed by atoms with Gasteiger partial charge in [0.25, 0.3) is 0 Å². The van der Waals surface area contributed by atoms with E-state index >= 15 is 0 Å². The van der Waals surface area contributed by atoms with Crippen molar-refractivity contribution >= 4 is 28.5 Å². The van der Waals surface area contributed by atoms with Crippen LogP contribution in [0.1, 0.15) is 18.0 Å². The third-order valence-electron chi connectivity index (χ3n) is 2.39. The fourth-order valence-electron chi connectivity index (χ4n) is 1.71. The predicted octanol–water partition coefficient (Wildman–Crippen LogP) is 2.56. The van der Waals surface area contributed by atoms with E-state index < -0.39 is 12.0 Å². The van der Waals surface area contributed by atoms with Crippen molar-refractivity contribution in [1.82, 2.24) is 0 Å². The number of benzene rings is 1. The van der Waals surface area contributed by atoms with Crippen LogP contribution < -0.4 is 5.73 Å². The summed E-state index contributed by atoms with van der Waals surface area (Å²) < 4.78 is 5.21. The number of carboxylic acids is 1. The number of hydrogen-bond donors (Lipinski definition) is 2. The van der Waals surface area contributed by atoms with Gasteiger partial charge in [-0.3, -0.25) is 4.79 Å². The zero-order valence-electron chi connectivity index (χ0n) is 8.31. The summed E-state index contributed by atoms with van der Waals surface area (Å²) in [5, 5.41) is 9.94. The lowest BCUT2D eigenvalue weighted by atomic mass is 10.0. The van der Waals surface area contributed by atoms with Gasteiger partial charge in [-0.05, 0) is 23.8 Å². The predicted molar refractivity (Wildman–Crippen MR) is 60.4 cm³/mol. The molecule has 1 unspecified atom stereocenters. The molecule has 1 aromatic heterocycles. The Balaban J connectivity index is 2.52. The highest BCUT2D eigenvalue weighted by Gasteiger charge is 2.17. The number of fused-ring (bicyclic) bond motifs is 1. The van der Waals surface area contributed by atoms with Crippen LogP contribution in [0.4, 0.5) is 0 Å². The minimum Gasteiger partial charge on any atom is -0.481 e. The summed E-state index contributed by atoms with van der Waals surface area (Å²) in [5.41, 5.74) is 7.09. The Hall–Kier alpha value is -1.52. The summed E-state index contributed by atoms with van der Waals surface area (Å²) in [6.45, 7) is 0. The maximum atomic E-state index is 10.6. The van der Waals surface area contributed by atoms with Crippen molar-refractivity contribution in [3.63, 3.8) is 0 Å². The highest BCUT2D eigenvalue weighted by molar-refractivity contribution is 6.32. The molecule has 0 radical (unpaired) electrons. The average Bonchev–Trinajstić information content (AvgIpc) is 2.63. The van der Waals surface area contributed by atoms with E-state index in [2.05, 4.69) is 0 Å². The Morgan fingerprint density at radius 3 is 2.94 bits per heavy atom. The van der Waals surface area contributed by atoms with Gasteiger partial charge in [-0.1, -0.05) is 11.6 Å². The molecule has 0 fully saturated rings. The van der Waals surface area contributed by atoms with Gasteiger partial charge < -0.3 is 15.3 Å². The summed E-state index contributed by atoms with van der Waals surface area (Å²) in [5.74, 6) is -0.955. The molecule has 16 heavy (non-hydrogen) atoms. The van der Waals surface area contributed by atoms with Gasteiger partial charge >= 0.3 is 5.97 Å². The number of nitrogens with two attached hydrogens (primary N) is 1. The van der Waals surface area contributed by atoms with Crippen LogP contribution in [-0.2, 0) is 4.79 Å². The Bertz CT molecular complexity index is 535. The van der Waals surface area contributed by atoms with Crippen molar-refractivity contribution in [2.45, 2.75) is 12.5 Å². The molecule has 2 aromatic rings. The van der Waals surface area contributed by atoms with Crippen molar-refractivity contribution < 1.29 is 14.3 Å². The molecule has 0 aliphatic carbocycles. The zero-order chi connectivity index (χ0) is 11.7. The van der Waals surface area contributed by atoms with Crippen LogP contribution in [0.5, 0.6) is 0 Å². The number of carbonyl (C=O) groups is 1. The number of carboxylic acid groups (broad SMARTS) is 1. The van der Waals surface area contributed by atoms with Gasteiger partial charge in [0.05, 0.1) is 12.7 Å². The van der Waals surface area contributed by atoms with Crippen LogP contribution in [0.3, 0.4) is 0 Å². The fraction of sp³-hybridized carbons (Fsp3) is 0.182. The Kier molecular flexibility index (Phi) is 2.85. The highest BCUT2D eigenvalue weighted by atomic mass is 35.5. The smallest absolute Gasteiger partial charge is 0.305 e. The zero-order valence-corrected chi connectivity index (χ0v) is 9.07. The Morgan fingerprint density at radius 1 is 1.50 bits per heavy atom. The minimum absolute atomic E-state index is 0.163. The number of aliphatic carboxylic acids is 1. The quantitative estimate of drug-likeness (QED) is 0.863. The van der Waals surface area contributed by atoms with Crippen LogP contribution in [0.2, 0.25) is 5.02 Å². The standard InChI is InChI=1S/C11H10ClNO3/c12-7-1-2-9-6(3-4-16-9)11(7)8(13)5-10(14)15/h1-4,8H,5,13H2,(H,14,15). The summed E-state index contributed by atoms with van der Waals surface area (Å²) in [6, 6.07) is 4.49. The maximum Gasteiger partial charge on any atom is 0.305 e. The third kappa shape index (κ3) is 1.89. The van der Waals surface area contributed by atoms with Crippen molar-refractivity contribution in [3.8, 4) is 0 Å². The lowest BCUT2D eigenvalue weighted by molar-refractivity contribution is -0.137. The van der Waals surface area contributed by atoms with E-state index in [9.17, 15) is 4.79 Å². The second kappa shape index (κ2) is 4.15. The molecule has 84 valence electrons. The summed E-state index contributed by atoms with van der Waals surface area (Å²) >= 11 is 6.02. The summed E-state index contributed by atoms with van der Waals surface area (Å²) in [7, 11) is 0.